The molecule has 0 atom stereocenters. The topological polar surface area (TPSA) is 57.6 Å². The van der Waals surface area contributed by atoms with E-state index in [0.29, 0.717) is 5.75 Å². The number of aryl methyl sites for hydroxylation is 2. The molecule has 0 aliphatic rings. The highest BCUT2D eigenvalue weighted by Crippen LogP contribution is 2.28. The lowest BCUT2D eigenvalue weighted by Gasteiger charge is -2.20. The minimum absolute atomic E-state index is 0.133. The number of aromatic nitrogens is 1. The van der Waals surface area contributed by atoms with Gasteiger partial charge >= 0.3 is 0 Å². The van der Waals surface area contributed by atoms with Crippen molar-refractivity contribution in [3.63, 3.8) is 0 Å². The number of nitrogens with one attached hydrogen (secondary N) is 1. The van der Waals surface area contributed by atoms with E-state index in [2.05, 4.69) is 65.4 Å². The maximum Gasteiger partial charge on any atom is 0.250 e. The van der Waals surface area contributed by atoms with Gasteiger partial charge in [-0.15, -0.1) is 11.8 Å². The quantitative estimate of drug-likeness (QED) is 0.319. The van der Waals surface area contributed by atoms with E-state index in [1.54, 1.807) is 6.21 Å². The van der Waals surface area contributed by atoms with Crippen molar-refractivity contribution >= 4 is 40.5 Å². The molecular weight excluding hydrogens is 392 g/mol. The highest BCUT2D eigenvalue weighted by molar-refractivity contribution is 8.00. The van der Waals surface area contributed by atoms with Crippen LogP contribution in [0.15, 0.2) is 58.5 Å². The number of amides is 1. The molecule has 30 heavy (non-hydrogen) atoms. The zero-order valence-corrected chi connectivity index (χ0v) is 18.8. The molecule has 0 fully saturated rings. The molecule has 0 radical (unpaired) electrons. The van der Waals surface area contributed by atoms with Gasteiger partial charge in [0.05, 0.1) is 17.5 Å². The molecule has 0 saturated heterocycles. The van der Waals surface area contributed by atoms with Gasteiger partial charge in [0.25, 0.3) is 0 Å². The summed E-state index contributed by atoms with van der Waals surface area (Å²) in [6.45, 7) is 10.3. The van der Waals surface area contributed by atoms with Gasteiger partial charge in [-0.25, -0.2) is 5.43 Å². The van der Waals surface area contributed by atoms with E-state index in [-0.39, 0.29) is 5.91 Å². The molecule has 2 aromatic carbocycles. The zero-order valence-electron chi connectivity index (χ0n) is 18.0. The second-order valence-electron chi connectivity index (χ2n) is 7.13. The van der Waals surface area contributed by atoms with Crippen molar-refractivity contribution in [3.05, 3.63) is 65.4 Å². The first kappa shape index (κ1) is 21.8. The maximum atomic E-state index is 12.2. The third-order valence-electron chi connectivity index (χ3n) is 4.84. The Bertz CT molecular complexity index is 1040. The van der Waals surface area contributed by atoms with E-state index in [1.165, 1.54) is 23.0 Å². The Kier molecular flexibility index (Phi) is 7.46. The second-order valence-corrected chi connectivity index (χ2v) is 8.15. The van der Waals surface area contributed by atoms with E-state index in [9.17, 15) is 4.79 Å². The molecule has 0 saturated carbocycles. The van der Waals surface area contributed by atoms with Crippen molar-refractivity contribution in [2.24, 2.45) is 5.10 Å². The Labute approximate surface area is 182 Å². The Morgan fingerprint density at radius 1 is 1.10 bits per heavy atom. The van der Waals surface area contributed by atoms with Gasteiger partial charge in [0.1, 0.15) is 0 Å². The van der Waals surface area contributed by atoms with E-state index in [4.69, 9.17) is 0 Å². The van der Waals surface area contributed by atoms with E-state index < -0.39 is 0 Å². The summed E-state index contributed by atoms with van der Waals surface area (Å²) < 4.78 is 0. The third kappa shape index (κ3) is 5.60. The van der Waals surface area contributed by atoms with Crippen molar-refractivity contribution in [1.82, 2.24) is 10.4 Å². The van der Waals surface area contributed by atoms with Crippen LogP contribution in [0.25, 0.3) is 10.9 Å². The lowest BCUT2D eigenvalue weighted by Crippen LogP contribution is -2.21. The smallest absolute Gasteiger partial charge is 0.250 e. The highest BCUT2D eigenvalue weighted by Gasteiger charge is 2.08. The molecule has 1 heterocycles. The zero-order chi connectivity index (χ0) is 21.5. The van der Waals surface area contributed by atoms with Crippen LogP contribution in [-0.2, 0) is 4.79 Å². The minimum Gasteiger partial charge on any atom is -0.372 e. The molecule has 1 aromatic heterocycles. The number of rotatable bonds is 8. The summed E-state index contributed by atoms with van der Waals surface area (Å²) in [5.41, 5.74) is 7.83. The lowest BCUT2D eigenvalue weighted by atomic mass is 10.1. The van der Waals surface area contributed by atoms with Gasteiger partial charge in [0.2, 0.25) is 5.91 Å². The Morgan fingerprint density at radius 3 is 2.53 bits per heavy atom. The Balaban J connectivity index is 1.58. The van der Waals surface area contributed by atoms with Crippen molar-refractivity contribution < 1.29 is 4.79 Å². The van der Waals surface area contributed by atoms with E-state index in [1.807, 2.05) is 31.2 Å². The minimum atomic E-state index is -0.133. The molecule has 3 rings (SSSR count). The molecule has 0 spiro atoms. The molecule has 5 nitrogen and oxygen atoms in total. The molecule has 156 valence electrons. The van der Waals surface area contributed by atoms with Crippen LogP contribution in [0, 0.1) is 13.8 Å². The number of hydrazone groups is 1. The van der Waals surface area contributed by atoms with Crippen LogP contribution in [-0.4, -0.2) is 35.9 Å². The van der Waals surface area contributed by atoms with Gasteiger partial charge in [-0.05, 0) is 63.6 Å². The van der Waals surface area contributed by atoms with Crippen LogP contribution in [0.5, 0.6) is 0 Å². The number of hydrogen-bond donors (Lipinski definition) is 1. The normalized spacial score (nSPS) is 11.2. The number of carbonyl (C=O) groups excluding carboxylic acids is 1. The van der Waals surface area contributed by atoms with Gasteiger partial charge in [-0.1, -0.05) is 23.8 Å². The number of nitrogens with zero attached hydrogens (tertiary/aromatic N) is 3. The first-order valence-electron chi connectivity index (χ1n) is 10.2. The molecule has 1 amide bonds. The largest absolute Gasteiger partial charge is 0.372 e. The summed E-state index contributed by atoms with van der Waals surface area (Å²) >= 11 is 1.51. The number of fused-ring (bicyclic) bond motifs is 1. The molecule has 0 aliphatic heterocycles. The van der Waals surface area contributed by atoms with Crippen molar-refractivity contribution in [1.29, 1.82) is 0 Å². The average Bonchev–Trinajstić information content (AvgIpc) is 2.74. The predicted molar refractivity (Wildman–Crippen MR) is 128 cm³/mol. The number of thioether (sulfide) groups is 1. The first-order valence-corrected chi connectivity index (χ1v) is 11.2. The average molecular weight is 421 g/mol. The number of carbonyl (C=O) groups is 1. The SMILES string of the molecule is CCN(CC)c1ccc(/C=N\NC(=O)CSc2cc(C)nc3ccc(C)cc23)cc1. The van der Waals surface area contributed by atoms with Crippen LogP contribution in [0.1, 0.15) is 30.7 Å². The molecule has 3 aromatic rings. The highest BCUT2D eigenvalue weighted by atomic mass is 32.2. The number of anilines is 1. The second kappa shape index (κ2) is 10.3. The van der Waals surface area contributed by atoms with Crippen molar-refractivity contribution in [3.8, 4) is 0 Å². The van der Waals surface area contributed by atoms with Gasteiger partial charge < -0.3 is 4.90 Å². The molecule has 6 heteroatoms. The van der Waals surface area contributed by atoms with Crippen LogP contribution < -0.4 is 10.3 Å². The summed E-state index contributed by atoms with van der Waals surface area (Å²) in [6, 6.07) is 16.4. The predicted octanol–water partition coefficient (Wildman–Crippen LogP) is 4.94. The summed E-state index contributed by atoms with van der Waals surface area (Å²) in [6.07, 6.45) is 1.67. The van der Waals surface area contributed by atoms with Gasteiger partial charge in [0.15, 0.2) is 0 Å². The summed E-state index contributed by atoms with van der Waals surface area (Å²) in [5, 5.41) is 5.18. The fourth-order valence-electron chi connectivity index (χ4n) is 3.27. The summed E-state index contributed by atoms with van der Waals surface area (Å²) in [4.78, 5) is 20.2. The molecular formula is C24H28N4OS. The summed E-state index contributed by atoms with van der Waals surface area (Å²) in [7, 11) is 0. The standard InChI is InChI=1S/C24H28N4OS/c1-5-28(6-2)20-10-8-19(9-11-20)15-25-27-24(29)16-30-23-14-18(4)26-22-12-7-17(3)13-21(22)23/h7-15H,5-6,16H2,1-4H3,(H,27,29)/b25-15-. The number of pyridine rings is 1. The third-order valence-corrected chi connectivity index (χ3v) is 5.89. The van der Waals surface area contributed by atoms with E-state index in [0.717, 1.165) is 40.1 Å². The number of benzene rings is 2. The first-order chi connectivity index (χ1) is 14.5. The lowest BCUT2D eigenvalue weighted by molar-refractivity contribution is -0.118. The molecule has 0 bridgehead atoms. The van der Waals surface area contributed by atoms with Gasteiger partial charge in [-0.3, -0.25) is 9.78 Å². The van der Waals surface area contributed by atoms with Gasteiger partial charge in [-0.2, -0.15) is 5.10 Å². The van der Waals surface area contributed by atoms with Crippen molar-refractivity contribution in [2.45, 2.75) is 32.6 Å². The summed E-state index contributed by atoms with van der Waals surface area (Å²) in [5.74, 6) is 0.163. The fraction of sp³-hybridized carbons (Fsp3) is 0.292. The fourth-order valence-corrected chi connectivity index (χ4v) is 4.19. The molecule has 0 aliphatic carbocycles. The maximum absolute atomic E-state index is 12.2. The Morgan fingerprint density at radius 2 is 1.83 bits per heavy atom. The van der Waals surface area contributed by atoms with E-state index >= 15 is 0 Å². The monoisotopic (exact) mass is 420 g/mol. The van der Waals surface area contributed by atoms with Crippen molar-refractivity contribution in [2.75, 3.05) is 23.7 Å². The molecule has 0 unspecified atom stereocenters. The van der Waals surface area contributed by atoms with Crippen LogP contribution in [0.4, 0.5) is 5.69 Å². The van der Waals surface area contributed by atoms with Gasteiger partial charge in [0, 0.05) is 34.8 Å². The van der Waals surface area contributed by atoms with Crippen LogP contribution in [0.2, 0.25) is 0 Å². The Hall–Kier alpha value is -2.86. The van der Waals surface area contributed by atoms with Crippen LogP contribution in [0.3, 0.4) is 0 Å². The number of hydrogen-bond acceptors (Lipinski definition) is 5. The van der Waals surface area contributed by atoms with Crippen LogP contribution >= 0.6 is 11.8 Å². The molecule has 1 N–H and O–H groups in total.